The van der Waals surface area contributed by atoms with Gasteiger partial charge in [-0.15, -0.1) is 5.10 Å². The van der Waals surface area contributed by atoms with E-state index < -0.39 is 30.5 Å². The molecule has 0 unspecified atom stereocenters. The van der Waals surface area contributed by atoms with E-state index in [1.165, 1.54) is 6.07 Å². The molecule has 0 aliphatic carbocycles. The summed E-state index contributed by atoms with van der Waals surface area (Å²) in [7, 11) is 0. The van der Waals surface area contributed by atoms with E-state index in [4.69, 9.17) is 39.5 Å². The van der Waals surface area contributed by atoms with E-state index in [1.54, 1.807) is 5.10 Å². The van der Waals surface area contributed by atoms with Crippen LogP contribution in [0.4, 0.5) is 19.1 Å². The summed E-state index contributed by atoms with van der Waals surface area (Å²) in [4.78, 5) is 18.3. The molecule has 0 radical (unpaired) electrons. The van der Waals surface area contributed by atoms with E-state index in [1.807, 2.05) is 5.32 Å². The standard InChI is InChI=1S/C10H5Cl3F3N5O2/c11-3-1-4(12)7(18-6(3)13)23-2-5(22)17-9-19-8(20-21-9)10(14,15)16/h1H,2H2,(H2,17,19,20,21,22). The van der Waals surface area contributed by atoms with Gasteiger partial charge in [-0.1, -0.05) is 34.8 Å². The molecular formula is C10H5Cl3F3N5O2. The Morgan fingerprint density at radius 1 is 1.26 bits per heavy atom. The summed E-state index contributed by atoms with van der Waals surface area (Å²) in [5, 5.41) is 6.85. The predicted octanol–water partition coefficient (Wildman–Crippen LogP) is 3.20. The molecule has 13 heteroatoms. The van der Waals surface area contributed by atoms with Crippen LogP contribution in [0.25, 0.3) is 0 Å². The van der Waals surface area contributed by atoms with Gasteiger partial charge in [-0.25, -0.2) is 0 Å². The summed E-state index contributed by atoms with van der Waals surface area (Å²) in [6.45, 7) is -0.611. The fourth-order valence-corrected chi connectivity index (χ4v) is 1.81. The summed E-state index contributed by atoms with van der Waals surface area (Å²) in [6.07, 6.45) is -4.70. The summed E-state index contributed by atoms with van der Waals surface area (Å²) in [6, 6.07) is 1.26. The highest BCUT2D eigenvalue weighted by Crippen LogP contribution is 2.30. The van der Waals surface area contributed by atoms with E-state index >= 15 is 0 Å². The second kappa shape index (κ2) is 6.77. The third-order valence-corrected chi connectivity index (χ3v) is 3.14. The number of hydrogen-bond donors (Lipinski definition) is 2. The van der Waals surface area contributed by atoms with E-state index in [0.29, 0.717) is 0 Å². The zero-order chi connectivity index (χ0) is 17.2. The Kier molecular flexibility index (Phi) is 5.17. The first-order valence-electron chi connectivity index (χ1n) is 5.60. The Morgan fingerprint density at radius 2 is 1.96 bits per heavy atom. The lowest BCUT2D eigenvalue weighted by Gasteiger charge is -2.07. The average Bonchev–Trinajstić information content (AvgIpc) is 2.90. The van der Waals surface area contributed by atoms with Crippen molar-refractivity contribution in [2.75, 3.05) is 11.9 Å². The lowest BCUT2D eigenvalue weighted by Crippen LogP contribution is -2.21. The van der Waals surface area contributed by atoms with Crippen molar-refractivity contribution in [1.82, 2.24) is 20.2 Å². The molecule has 2 aromatic heterocycles. The molecule has 7 nitrogen and oxygen atoms in total. The number of aromatic nitrogens is 4. The maximum absolute atomic E-state index is 12.3. The van der Waals surface area contributed by atoms with Gasteiger partial charge in [0.1, 0.15) is 5.02 Å². The van der Waals surface area contributed by atoms with E-state index in [0.717, 1.165) is 0 Å². The number of pyridine rings is 1. The normalized spacial score (nSPS) is 11.4. The van der Waals surface area contributed by atoms with Gasteiger partial charge in [-0.05, 0) is 6.07 Å². The zero-order valence-electron chi connectivity index (χ0n) is 10.7. The van der Waals surface area contributed by atoms with Crippen LogP contribution < -0.4 is 10.1 Å². The quantitative estimate of drug-likeness (QED) is 0.782. The minimum atomic E-state index is -4.70. The van der Waals surface area contributed by atoms with Crippen LogP contribution in [0.3, 0.4) is 0 Å². The third-order valence-electron chi connectivity index (χ3n) is 2.20. The Hall–Kier alpha value is -1.78. The van der Waals surface area contributed by atoms with E-state index in [9.17, 15) is 18.0 Å². The molecule has 2 heterocycles. The molecule has 0 bridgehead atoms. The van der Waals surface area contributed by atoms with Crippen LogP contribution in [0.1, 0.15) is 5.82 Å². The number of carbonyl (C=O) groups is 1. The smallest absolute Gasteiger partial charge is 0.451 e. The highest BCUT2D eigenvalue weighted by molar-refractivity contribution is 6.42. The summed E-state index contributed by atoms with van der Waals surface area (Å²) in [5.41, 5.74) is 0. The van der Waals surface area contributed by atoms with Crippen molar-refractivity contribution in [3.63, 3.8) is 0 Å². The number of rotatable bonds is 4. The average molecular weight is 391 g/mol. The van der Waals surface area contributed by atoms with Gasteiger partial charge in [0.25, 0.3) is 5.91 Å². The number of alkyl halides is 3. The van der Waals surface area contributed by atoms with Gasteiger partial charge in [-0.2, -0.15) is 23.1 Å². The molecule has 2 N–H and O–H groups in total. The van der Waals surface area contributed by atoms with Crippen LogP contribution in [0, 0.1) is 0 Å². The van der Waals surface area contributed by atoms with Gasteiger partial charge in [0.2, 0.25) is 17.7 Å². The van der Waals surface area contributed by atoms with Crippen LogP contribution in [0.15, 0.2) is 6.07 Å². The molecule has 0 fully saturated rings. The van der Waals surface area contributed by atoms with Crippen molar-refractivity contribution in [3.05, 3.63) is 27.1 Å². The predicted molar refractivity (Wildman–Crippen MR) is 74.8 cm³/mol. The van der Waals surface area contributed by atoms with Gasteiger partial charge in [0.15, 0.2) is 11.8 Å². The molecule has 0 spiro atoms. The molecular weight excluding hydrogens is 385 g/mol. The molecule has 1 amide bonds. The highest BCUT2D eigenvalue weighted by Gasteiger charge is 2.35. The summed E-state index contributed by atoms with van der Waals surface area (Å²) >= 11 is 17.1. The SMILES string of the molecule is O=C(COc1nc(Cl)c(Cl)cc1Cl)Nc1n[nH]c(C(F)(F)F)n1. The van der Waals surface area contributed by atoms with Gasteiger partial charge < -0.3 is 4.74 Å². The molecule has 0 saturated heterocycles. The molecule has 0 atom stereocenters. The van der Waals surface area contributed by atoms with Crippen molar-refractivity contribution in [3.8, 4) is 5.88 Å². The summed E-state index contributed by atoms with van der Waals surface area (Å²) < 4.78 is 41.9. The molecule has 23 heavy (non-hydrogen) atoms. The fraction of sp³-hybridized carbons (Fsp3) is 0.200. The third kappa shape index (κ3) is 4.60. The van der Waals surface area contributed by atoms with Crippen LogP contribution in [0.2, 0.25) is 15.2 Å². The Morgan fingerprint density at radius 3 is 2.57 bits per heavy atom. The molecule has 2 rings (SSSR count). The minimum absolute atomic E-state index is 0.00412. The number of ether oxygens (including phenoxy) is 1. The molecule has 0 aliphatic rings. The highest BCUT2D eigenvalue weighted by atomic mass is 35.5. The van der Waals surface area contributed by atoms with Gasteiger partial charge in [0.05, 0.1) is 5.02 Å². The van der Waals surface area contributed by atoms with Crippen molar-refractivity contribution in [1.29, 1.82) is 0 Å². The van der Waals surface area contributed by atoms with Crippen LogP contribution in [-0.4, -0.2) is 32.7 Å². The first-order chi connectivity index (χ1) is 10.7. The second-order valence-electron chi connectivity index (χ2n) is 3.89. The number of halogens is 6. The number of nitrogens with zero attached hydrogens (tertiary/aromatic N) is 3. The van der Waals surface area contributed by atoms with Crippen molar-refractivity contribution in [2.24, 2.45) is 0 Å². The van der Waals surface area contributed by atoms with E-state index in [2.05, 4.69) is 15.1 Å². The van der Waals surface area contributed by atoms with Gasteiger partial charge in [0, 0.05) is 0 Å². The molecule has 2 aromatic rings. The number of anilines is 1. The fourth-order valence-electron chi connectivity index (χ4n) is 1.27. The first kappa shape index (κ1) is 17.6. The van der Waals surface area contributed by atoms with Gasteiger partial charge in [-0.3, -0.25) is 15.2 Å². The van der Waals surface area contributed by atoms with Crippen molar-refractivity contribution < 1.29 is 22.7 Å². The number of H-pyrrole nitrogens is 1. The Labute approximate surface area is 141 Å². The van der Waals surface area contributed by atoms with Crippen LogP contribution >= 0.6 is 34.8 Å². The number of nitrogens with one attached hydrogen (secondary N) is 2. The first-order valence-corrected chi connectivity index (χ1v) is 6.74. The molecule has 0 saturated carbocycles. The minimum Gasteiger partial charge on any atom is -0.466 e. The second-order valence-corrected chi connectivity index (χ2v) is 5.06. The summed E-state index contributed by atoms with van der Waals surface area (Å²) in [5.74, 6) is -2.90. The lowest BCUT2D eigenvalue weighted by atomic mass is 10.5. The Bertz CT molecular complexity index is 737. The van der Waals surface area contributed by atoms with E-state index in [-0.39, 0.29) is 21.1 Å². The zero-order valence-corrected chi connectivity index (χ0v) is 13.0. The number of aromatic amines is 1. The molecule has 124 valence electrons. The number of hydrogen-bond acceptors (Lipinski definition) is 5. The molecule has 0 aliphatic heterocycles. The molecule has 0 aromatic carbocycles. The lowest BCUT2D eigenvalue weighted by molar-refractivity contribution is -0.144. The Balaban J connectivity index is 1.96. The monoisotopic (exact) mass is 389 g/mol. The maximum atomic E-state index is 12.3. The van der Waals surface area contributed by atoms with Crippen molar-refractivity contribution in [2.45, 2.75) is 6.18 Å². The van der Waals surface area contributed by atoms with Crippen LogP contribution in [0.5, 0.6) is 5.88 Å². The number of amides is 1. The number of carbonyl (C=O) groups excluding carboxylic acids is 1. The maximum Gasteiger partial charge on any atom is 0.451 e. The topological polar surface area (TPSA) is 92.8 Å². The van der Waals surface area contributed by atoms with Crippen molar-refractivity contribution >= 4 is 46.7 Å². The van der Waals surface area contributed by atoms with Gasteiger partial charge >= 0.3 is 6.18 Å². The largest absolute Gasteiger partial charge is 0.466 e. The van der Waals surface area contributed by atoms with Crippen LogP contribution in [-0.2, 0) is 11.0 Å².